The molecule has 2 aliphatic rings. The molecule has 1 atom stereocenters. The van der Waals surface area contributed by atoms with Crippen molar-refractivity contribution in [3.05, 3.63) is 71.0 Å². The predicted octanol–water partition coefficient (Wildman–Crippen LogP) is 3.84. The van der Waals surface area contributed by atoms with Crippen molar-refractivity contribution < 1.29 is 9.18 Å². The predicted molar refractivity (Wildman–Crippen MR) is 105 cm³/mol. The van der Waals surface area contributed by atoms with Crippen LogP contribution < -0.4 is 0 Å². The van der Waals surface area contributed by atoms with Crippen molar-refractivity contribution in [2.75, 3.05) is 26.2 Å². The van der Waals surface area contributed by atoms with E-state index in [0.717, 1.165) is 45.4 Å². The third kappa shape index (κ3) is 4.28. The number of nitrogens with zero attached hydrogens (tertiary/aromatic N) is 2. The van der Waals surface area contributed by atoms with Gasteiger partial charge in [-0.2, -0.15) is 0 Å². The standard InChI is InChI=1S/C23H27FN2O/c24-21-7-5-18(6-8-21)9-12-25-13-10-19(11-14-25)15-26-16-20-3-1-2-4-22(20)23(26)17-27/h1-8,17,19,23H,9-16H2. The number of likely N-dealkylation sites (tertiary alicyclic amines) is 1. The zero-order valence-electron chi connectivity index (χ0n) is 15.7. The van der Waals surface area contributed by atoms with Crippen molar-refractivity contribution in [3.8, 4) is 0 Å². The fraction of sp³-hybridized carbons (Fsp3) is 0.435. The van der Waals surface area contributed by atoms with Crippen molar-refractivity contribution in [2.45, 2.75) is 31.8 Å². The number of hydrogen-bond donors (Lipinski definition) is 0. The van der Waals surface area contributed by atoms with Crippen LogP contribution in [-0.4, -0.2) is 42.3 Å². The molecule has 2 aliphatic heterocycles. The first-order valence-electron chi connectivity index (χ1n) is 9.97. The highest BCUT2D eigenvalue weighted by atomic mass is 19.1. The Morgan fingerprint density at radius 1 is 1.04 bits per heavy atom. The summed E-state index contributed by atoms with van der Waals surface area (Å²) in [4.78, 5) is 16.5. The van der Waals surface area contributed by atoms with Crippen LogP contribution in [0.15, 0.2) is 48.5 Å². The minimum absolute atomic E-state index is 0.0716. The molecule has 4 rings (SSSR count). The molecular formula is C23H27FN2O. The molecule has 2 aromatic carbocycles. The van der Waals surface area contributed by atoms with Crippen LogP contribution in [0.1, 0.15) is 35.6 Å². The Morgan fingerprint density at radius 2 is 1.78 bits per heavy atom. The van der Waals surface area contributed by atoms with Gasteiger partial charge < -0.3 is 9.69 Å². The summed E-state index contributed by atoms with van der Waals surface area (Å²) in [5, 5.41) is 0. The van der Waals surface area contributed by atoms with Crippen molar-refractivity contribution in [2.24, 2.45) is 5.92 Å². The monoisotopic (exact) mass is 366 g/mol. The SMILES string of the molecule is O=CC1c2ccccc2CN1CC1CCN(CCc2ccc(F)cc2)CC1. The lowest BCUT2D eigenvalue weighted by molar-refractivity contribution is -0.112. The molecule has 142 valence electrons. The van der Waals surface area contributed by atoms with E-state index in [2.05, 4.69) is 28.0 Å². The van der Waals surface area contributed by atoms with E-state index in [4.69, 9.17) is 0 Å². The zero-order chi connectivity index (χ0) is 18.6. The molecule has 0 N–H and O–H groups in total. The molecule has 0 bridgehead atoms. The number of aldehydes is 1. The van der Waals surface area contributed by atoms with Crippen molar-refractivity contribution in [3.63, 3.8) is 0 Å². The number of benzene rings is 2. The van der Waals surface area contributed by atoms with E-state index < -0.39 is 0 Å². The van der Waals surface area contributed by atoms with Crippen LogP contribution in [0, 0.1) is 11.7 Å². The average Bonchev–Trinajstić information content (AvgIpc) is 3.05. The molecule has 0 spiro atoms. The first-order valence-corrected chi connectivity index (χ1v) is 9.97. The first kappa shape index (κ1) is 18.3. The summed E-state index contributed by atoms with van der Waals surface area (Å²) in [7, 11) is 0. The molecule has 0 saturated carbocycles. The van der Waals surface area contributed by atoms with Crippen molar-refractivity contribution in [1.29, 1.82) is 0 Å². The lowest BCUT2D eigenvalue weighted by Gasteiger charge is -2.34. The van der Waals surface area contributed by atoms with Crippen LogP contribution in [0.25, 0.3) is 0 Å². The molecule has 0 aromatic heterocycles. The topological polar surface area (TPSA) is 23.6 Å². The maximum Gasteiger partial charge on any atom is 0.141 e. The van der Waals surface area contributed by atoms with Gasteiger partial charge in [0.25, 0.3) is 0 Å². The van der Waals surface area contributed by atoms with Gasteiger partial charge in [-0.05, 0) is 67.1 Å². The summed E-state index contributed by atoms with van der Waals surface area (Å²) in [6.45, 7) is 5.15. The summed E-state index contributed by atoms with van der Waals surface area (Å²) >= 11 is 0. The Balaban J connectivity index is 1.25. The zero-order valence-corrected chi connectivity index (χ0v) is 15.7. The Kier molecular flexibility index (Phi) is 5.65. The Bertz CT molecular complexity index is 768. The molecule has 0 aliphatic carbocycles. The van der Waals surface area contributed by atoms with Gasteiger partial charge in [0.2, 0.25) is 0 Å². The maximum absolute atomic E-state index is 13.0. The summed E-state index contributed by atoms with van der Waals surface area (Å²) in [5.74, 6) is 0.487. The molecule has 1 saturated heterocycles. The fourth-order valence-corrected chi connectivity index (χ4v) is 4.48. The lowest BCUT2D eigenvalue weighted by atomic mass is 9.95. The van der Waals surface area contributed by atoms with E-state index in [1.165, 1.54) is 29.5 Å². The van der Waals surface area contributed by atoms with Gasteiger partial charge in [-0.15, -0.1) is 0 Å². The van der Waals surface area contributed by atoms with Gasteiger partial charge in [-0.25, -0.2) is 4.39 Å². The molecule has 1 fully saturated rings. The third-order valence-corrected chi connectivity index (χ3v) is 6.10. The van der Waals surface area contributed by atoms with E-state index in [1.54, 1.807) is 12.1 Å². The van der Waals surface area contributed by atoms with Crippen molar-refractivity contribution >= 4 is 6.29 Å². The summed E-state index contributed by atoms with van der Waals surface area (Å²) in [6.07, 6.45) is 4.44. The van der Waals surface area contributed by atoms with E-state index in [1.807, 2.05) is 18.2 Å². The molecule has 27 heavy (non-hydrogen) atoms. The number of piperidine rings is 1. The number of fused-ring (bicyclic) bond motifs is 1. The highest BCUT2D eigenvalue weighted by molar-refractivity contribution is 5.64. The van der Waals surface area contributed by atoms with Crippen LogP contribution in [-0.2, 0) is 17.8 Å². The number of hydrogen-bond acceptors (Lipinski definition) is 3. The van der Waals surface area contributed by atoms with Crippen LogP contribution in [0.4, 0.5) is 4.39 Å². The Labute approximate surface area is 160 Å². The van der Waals surface area contributed by atoms with Crippen LogP contribution in [0.3, 0.4) is 0 Å². The molecule has 0 amide bonds. The lowest BCUT2D eigenvalue weighted by Crippen LogP contribution is -2.39. The molecule has 1 unspecified atom stereocenters. The van der Waals surface area contributed by atoms with Gasteiger partial charge in [0, 0.05) is 19.6 Å². The summed E-state index contributed by atoms with van der Waals surface area (Å²) in [5.41, 5.74) is 3.68. The van der Waals surface area contributed by atoms with Crippen LogP contribution in [0.2, 0.25) is 0 Å². The smallest absolute Gasteiger partial charge is 0.141 e. The van der Waals surface area contributed by atoms with Gasteiger partial charge >= 0.3 is 0 Å². The number of carbonyl (C=O) groups excluding carboxylic acids is 1. The van der Waals surface area contributed by atoms with Crippen LogP contribution >= 0.6 is 0 Å². The molecule has 4 heteroatoms. The highest BCUT2D eigenvalue weighted by Crippen LogP contribution is 2.33. The molecule has 3 nitrogen and oxygen atoms in total. The van der Waals surface area contributed by atoms with E-state index >= 15 is 0 Å². The molecule has 0 radical (unpaired) electrons. The Hall–Kier alpha value is -2.04. The Morgan fingerprint density at radius 3 is 2.52 bits per heavy atom. The van der Waals surface area contributed by atoms with Gasteiger partial charge in [0.1, 0.15) is 12.1 Å². The quantitative estimate of drug-likeness (QED) is 0.726. The third-order valence-electron chi connectivity index (χ3n) is 6.10. The average molecular weight is 366 g/mol. The molecule has 2 aromatic rings. The van der Waals surface area contributed by atoms with Gasteiger partial charge in [-0.3, -0.25) is 4.90 Å². The van der Waals surface area contributed by atoms with E-state index in [-0.39, 0.29) is 11.9 Å². The highest BCUT2D eigenvalue weighted by Gasteiger charge is 2.31. The largest absolute Gasteiger partial charge is 0.303 e. The van der Waals surface area contributed by atoms with Gasteiger partial charge in [0.05, 0.1) is 6.04 Å². The van der Waals surface area contributed by atoms with Crippen LogP contribution in [0.5, 0.6) is 0 Å². The maximum atomic E-state index is 13.0. The number of rotatable bonds is 6. The minimum atomic E-state index is -0.169. The number of halogens is 1. The summed E-state index contributed by atoms with van der Waals surface area (Å²) < 4.78 is 13.0. The number of carbonyl (C=O) groups is 1. The fourth-order valence-electron chi connectivity index (χ4n) is 4.48. The summed E-state index contributed by atoms with van der Waals surface area (Å²) in [6, 6.07) is 15.1. The molecular weight excluding hydrogens is 339 g/mol. The second-order valence-corrected chi connectivity index (χ2v) is 7.87. The minimum Gasteiger partial charge on any atom is -0.303 e. The normalized spacial score (nSPS) is 21.3. The van der Waals surface area contributed by atoms with Crippen molar-refractivity contribution in [1.82, 2.24) is 9.80 Å². The van der Waals surface area contributed by atoms with E-state index in [9.17, 15) is 9.18 Å². The second-order valence-electron chi connectivity index (χ2n) is 7.87. The van der Waals surface area contributed by atoms with E-state index in [0.29, 0.717) is 5.92 Å². The van der Waals surface area contributed by atoms with Gasteiger partial charge in [-0.1, -0.05) is 36.4 Å². The first-order chi connectivity index (χ1) is 13.2. The second kappa shape index (κ2) is 8.32. The molecule has 2 heterocycles. The van der Waals surface area contributed by atoms with Gasteiger partial charge in [0.15, 0.2) is 0 Å².